The second-order valence-electron chi connectivity index (χ2n) is 6.67. The molecule has 1 N–H and O–H groups in total. The molecule has 146 valence electrons. The first-order chi connectivity index (χ1) is 13.4. The summed E-state index contributed by atoms with van der Waals surface area (Å²) in [6, 6.07) is 11.1. The molecule has 1 unspecified atom stereocenters. The molecule has 0 aliphatic rings. The molecule has 0 fully saturated rings. The zero-order chi connectivity index (χ0) is 20.1. The number of nitrogens with zero attached hydrogens (tertiary/aromatic N) is 2. The first-order valence-corrected chi connectivity index (χ1v) is 8.96. The molecular formula is C21H21FN2O4. The lowest BCUT2D eigenvalue weighted by Gasteiger charge is -2.14. The van der Waals surface area contributed by atoms with Crippen molar-refractivity contribution < 1.29 is 19.0 Å². The molecule has 6 nitrogen and oxygen atoms in total. The van der Waals surface area contributed by atoms with Crippen molar-refractivity contribution in [1.29, 1.82) is 0 Å². The molecule has 2 aromatic carbocycles. The maximum Gasteiger partial charge on any atom is 0.261 e. The van der Waals surface area contributed by atoms with Crippen LogP contribution in [0, 0.1) is 5.82 Å². The topological polar surface area (TPSA) is 81.4 Å². The van der Waals surface area contributed by atoms with Crippen molar-refractivity contribution in [2.45, 2.75) is 32.4 Å². The molecule has 0 aliphatic carbocycles. The second-order valence-corrected chi connectivity index (χ2v) is 6.67. The average Bonchev–Trinajstić information content (AvgIpc) is 2.67. The van der Waals surface area contributed by atoms with Gasteiger partial charge in [-0.15, -0.1) is 0 Å². The quantitative estimate of drug-likeness (QED) is 0.645. The van der Waals surface area contributed by atoms with Gasteiger partial charge in [0.2, 0.25) is 0 Å². The maximum atomic E-state index is 13.2. The smallest absolute Gasteiger partial charge is 0.261 e. The lowest BCUT2D eigenvalue weighted by Crippen LogP contribution is -2.30. The van der Waals surface area contributed by atoms with Gasteiger partial charge in [0.05, 0.1) is 23.8 Å². The van der Waals surface area contributed by atoms with Crippen molar-refractivity contribution in [2.75, 3.05) is 6.61 Å². The molecule has 0 aliphatic heterocycles. The third kappa shape index (κ3) is 5.01. The molecule has 7 heteroatoms. The van der Waals surface area contributed by atoms with Crippen molar-refractivity contribution in [1.82, 2.24) is 9.55 Å². The summed E-state index contributed by atoms with van der Waals surface area (Å²) in [5, 5.41) is 10.5. The SMILES string of the molecule is CC(=O)CCc1ccc(OCC(O)Cn2cnc3cc(F)ccc3c2=O)cc1. The van der Waals surface area contributed by atoms with Crippen LogP contribution >= 0.6 is 0 Å². The van der Waals surface area contributed by atoms with Crippen LogP contribution in [0.25, 0.3) is 10.9 Å². The van der Waals surface area contributed by atoms with Gasteiger partial charge in [-0.2, -0.15) is 0 Å². The number of carbonyl (C=O) groups excluding carboxylic acids is 1. The van der Waals surface area contributed by atoms with Gasteiger partial charge >= 0.3 is 0 Å². The second kappa shape index (κ2) is 8.75. The average molecular weight is 384 g/mol. The molecule has 0 amide bonds. The number of aryl methyl sites for hydroxylation is 1. The minimum atomic E-state index is -0.921. The van der Waals surface area contributed by atoms with E-state index >= 15 is 0 Å². The van der Waals surface area contributed by atoms with E-state index in [-0.39, 0.29) is 35.4 Å². The van der Waals surface area contributed by atoms with Gasteiger partial charge in [0, 0.05) is 12.5 Å². The highest BCUT2D eigenvalue weighted by atomic mass is 19.1. The number of hydrogen-bond donors (Lipinski definition) is 1. The van der Waals surface area contributed by atoms with Crippen LogP contribution < -0.4 is 10.3 Å². The van der Waals surface area contributed by atoms with Gasteiger partial charge in [0.1, 0.15) is 30.1 Å². The Hall–Kier alpha value is -3.06. The fourth-order valence-electron chi connectivity index (χ4n) is 2.81. The maximum absolute atomic E-state index is 13.2. The fourth-order valence-corrected chi connectivity index (χ4v) is 2.81. The van der Waals surface area contributed by atoms with Crippen LogP contribution in [-0.4, -0.2) is 33.2 Å². The number of fused-ring (bicyclic) bond motifs is 1. The number of Topliss-reactive ketones (excluding diaryl/α,β-unsaturated/α-hetero) is 1. The van der Waals surface area contributed by atoms with Crippen LogP contribution in [0.2, 0.25) is 0 Å². The molecular weight excluding hydrogens is 363 g/mol. The van der Waals surface area contributed by atoms with Crippen LogP contribution in [0.5, 0.6) is 5.75 Å². The summed E-state index contributed by atoms with van der Waals surface area (Å²) in [7, 11) is 0. The van der Waals surface area contributed by atoms with Gasteiger partial charge in [-0.05, 0) is 43.2 Å². The highest BCUT2D eigenvalue weighted by Crippen LogP contribution is 2.14. The Morgan fingerprint density at radius 3 is 2.71 bits per heavy atom. The number of ether oxygens (including phenoxy) is 1. The number of ketones is 1. The molecule has 1 heterocycles. The van der Waals surface area contributed by atoms with Crippen LogP contribution in [-0.2, 0) is 17.8 Å². The first kappa shape index (κ1) is 19.7. The largest absolute Gasteiger partial charge is 0.491 e. The zero-order valence-electron chi connectivity index (χ0n) is 15.5. The van der Waals surface area contributed by atoms with Crippen LogP contribution in [0.4, 0.5) is 4.39 Å². The Labute approximate surface area is 161 Å². The third-order valence-corrected chi connectivity index (χ3v) is 4.33. The summed E-state index contributed by atoms with van der Waals surface area (Å²) in [5.41, 5.74) is 0.962. The van der Waals surface area contributed by atoms with E-state index < -0.39 is 11.9 Å². The highest BCUT2D eigenvalue weighted by molar-refractivity contribution is 5.77. The van der Waals surface area contributed by atoms with Gasteiger partial charge in [-0.3, -0.25) is 9.36 Å². The number of hydrogen-bond acceptors (Lipinski definition) is 5. The third-order valence-electron chi connectivity index (χ3n) is 4.33. The lowest BCUT2D eigenvalue weighted by atomic mass is 10.1. The standard InChI is InChI=1S/C21H21FN2O4/c1-14(25)2-3-15-4-7-18(8-5-15)28-12-17(26)11-24-13-23-20-10-16(22)6-9-19(20)21(24)27/h4-10,13,17,26H,2-3,11-12H2,1H3. The Morgan fingerprint density at radius 1 is 1.25 bits per heavy atom. The molecule has 1 aromatic heterocycles. The van der Waals surface area contributed by atoms with E-state index in [0.717, 1.165) is 5.56 Å². The Bertz CT molecular complexity index is 1030. The first-order valence-electron chi connectivity index (χ1n) is 8.96. The van der Waals surface area contributed by atoms with Crippen molar-refractivity contribution in [3.05, 3.63) is 70.5 Å². The van der Waals surface area contributed by atoms with Crippen molar-refractivity contribution >= 4 is 16.7 Å². The summed E-state index contributed by atoms with van der Waals surface area (Å²) >= 11 is 0. The van der Waals surface area contributed by atoms with E-state index in [9.17, 15) is 19.1 Å². The van der Waals surface area contributed by atoms with E-state index in [1.54, 1.807) is 19.1 Å². The molecule has 3 rings (SSSR count). The normalized spacial score (nSPS) is 12.1. The van der Waals surface area contributed by atoms with E-state index in [4.69, 9.17) is 4.74 Å². The van der Waals surface area contributed by atoms with Crippen LogP contribution in [0.1, 0.15) is 18.9 Å². The molecule has 0 radical (unpaired) electrons. The summed E-state index contributed by atoms with van der Waals surface area (Å²) in [6.07, 6.45) is 1.55. The molecule has 1 atom stereocenters. The number of halogens is 1. The number of aliphatic hydroxyl groups excluding tert-OH is 1. The number of benzene rings is 2. The number of carbonyl (C=O) groups is 1. The minimum Gasteiger partial charge on any atom is -0.491 e. The van der Waals surface area contributed by atoms with E-state index in [0.29, 0.717) is 18.6 Å². The number of aliphatic hydroxyl groups is 1. The van der Waals surface area contributed by atoms with Gasteiger partial charge in [-0.25, -0.2) is 9.37 Å². The van der Waals surface area contributed by atoms with E-state index in [2.05, 4.69) is 4.98 Å². The Morgan fingerprint density at radius 2 is 2.00 bits per heavy atom. The van der Waals surface area contributed by atoms with Gasteiger partial charge in [0.25, 0.3) is 5.56 Å². The van der Waals surface area contributed by atoms with Crippen molar-refractivity contribution in [3.8, 4) is 5.75 Å². The Balaban J connectivity index is 1.58. The molecule has 0 saturated heterocycles. The molecule has 3 aromatic rings. The predicted octanol–water partition coefficient (Wildman–Crippen LogP) is 2.50. The fraction of sp³-hybridized carbons (Fsp3) is 0.286. The van der Waals surface area contributed by atoms with Crippen LogP contribution in [0.3, 0.4) is 0 Å². The molecule has 0 bridgehead atoms. The van der Waals surface area contributed by atoms with Gasteiger partial charge < -0.3 is 14.6 Å². The minimum absolute atomic E-state index is 0.000682. The number of rotatable bonds is 8. The van der Waals surface area contributed by atoms with Crippen molar-refractivity contribution in [3.63, 3.8) is 0 Å². The van der Waals surface area contributed by atoms with Gasteiger partial charge in [-0.1, -0.05) is 12.1 Å². The van der Waals surface area contributed by atoms with E-state index in [1.165, 1.54) is 29.1 Å². The number of aromatic nitrogens is 2. The molecule has 0 spiro atoms. The van der Waals surface area contributed by atoms with Crippen LogP contribution in [0.15, 0.2) is 53.6 Å². The monoisotopic (exact) mass is 384 g/mol. The summed E-state index contributed by atoms with van der Waals surface area (Å²) in [6.45, 7) is 1.57. The summed E-state index contributed by atoms with van der Waals surface area (Å²) < 4.78 is 20.1. The summed E-state index contributed by atoms with van der Waals surface area (Å²) in [5.74, 6) is 0.273. The zero-order valence-corrected chi connectivity index (χ0v) is 15.5. The van der Waals surface area contributed by atoms with Gasteiger partial charge in [0.15, 0.2) is 0 Å². The Kier molecular flexibility index (Phi) is 6.16. The van der Waals surface area contributed by atoms with Crippen molar-refractivity contribution in [2.24, 2.45) is 0 Å². The highest BCUT2D eigenvalue weighted by Gasteiger charge is 2.11. The lowest BCUT2D eigenvalue weighted by molar-refractivity contribution is -0.116. The molecule has 28 heavy (non-hydrogen) atoms. The molecule has 0 saturated carbocycles. The summed E-state index contributed by atoms with van der Waals surface area (Å²) in [4.78, 5) is 27.5. The van der Waals surface area contributed by atoms with E-state index in [1.807, 2.05) is 12.1 Å². The predicted molar refractivity (Wildman–Crippen MR) is 103 cm³/mol.